The van der Waals surface area contributed by atoms with Gasteiger partial charge in [-0.1, -0.05) is 19.2 Å². The highest BCUT2D eigenvalue weighted by molar-refractivity contribution is 6.08. The van der Waals surface area contributed by atoms with Crippen molar-refractivity contribution in [2.24, 2.45) is 4.99 Å². The Morgan fingerprint density at radius 3 is 2.65 bits per heavy atom. The zero-order chi connectivity index (χ0) is 14.4. The van der Waals surface area contributed by atoms with Gasteiger partial charge in [0.25, 0.3) is 0 Å². The maximum Gasteiger partial charge on any atom is 0.150 e. The number of hydrogen-bond donors (Lipinski definition) is 0. The van der Waals surface area contributed by atoms with Gasteiger partial charge in [-0.2, -0.15) is 0 Å². The largest absolute Gasteiger partial charge is 0.298 e. The number of nitrogens with zero attached hydrogens (tertiary/aromatic N) is 3. The highest BCUT2D eigenvalue weighted by Crippen LogP contribution is 2.17. The van der Waals surface area contributed by atoms with Crippen LogP contribution in [0.4, 0.5) is 0 Å². The van der Waals surface area contributed by atoms with Crippen molar-refractivity contribution in [2.75, 3.05) is 0 Å². The summed E-state index contributed by atoms with van der Waals surface area (Å²) in [7, 11) is 0. The van der Waals surface area contributed by atoms with Crippen LogP contribution in [0, 0.1) is 0 Å². The summed E-state index contributed by atoms with van der Waals surface area (Å²) in [5, 5.41) is 0. The minimum atomic E-state index is 0.509. The van der Waals surface area contributed by atoms with Crippen molar-refractivity contribution >= 4 is 12.0 Å². The van der Waals surface area contributed by atoms with Gasteiger partial charge >= 0.3 is 0 Å². The molecular weight excluding hydrogens is 250 g/mol. The lowest BCUT2D eigenvalue weighted by Gasteiger charge is -2.05. The van der Waals surface area contributed by atoms with Gasteiger partial charge in [0, 0.05) is 18.0 Å². The molecule has 0 atom stereocenters. The van der Waals surface area contributed by atoms with E-state index in [1.807, 2.05) is 18.2 Å². The van der Waals surface area contributed by atoms with Gasteiger partial charge in [-0.3, -0.25) is 14.8 Å². The molecule has 2 rings (SSSR count). The van der Waals surface area contributed by atoms with Crippen molar-refractivity contribution in [1.82, 2.24) is 9.97 Å². The summed E-state index contributed by atoms with van der Waals surface area (Å²) in [6.07, 6.45) is 5.43. The van der Waals surface area contributed by atoms with Crippen LogP contribution in [-0.4, -0.2) is 22.0 Å². The number of carbonyl (C=O) groups excluding carboxylic acids is 1. The van der Waals surface area contributed by atoms with E-state index in [2.05, 4.69) is 28.1 Å². The van der Waals surface area contributed by atoms with E-state index in [9.17, 15) is 4.79 Å². The quantitative estimate of drug-likeness (QED) is 0.615. The molecule has 2 aromatic heterocycles. The van der Waals surface area contributed by atoms with Crippen LogP contribution in [0.3, 0.4) is 0 Å². The zero-order valence-corrected chi connectivity index (χ0v) is 10.9. The van der Waals surface area contributed by atoms with Crippen molar-refractivity contribution < 1.29 is 4.79 Å². The first-order chi connectivity index (χ1) is 9.78. The van der Waals surface area contributed by atoms with Gasteiger partial charge in [-0.25, -0.2) is 4.98 Å². The molecule has 0 spiro atoms. The molecule has 0 unspecified atom stereocenters. The van der Waals surface area contributed by atoms with Crippen LogP contribution in [0.1, 0.15) is 16.1 Å². The molecule has 0 amide bonds. The van der Waals surface area contributed by atoms with Crippen LogP contribution in [0.5, 0.6) is 0 Å². The van der Waals surface area contributed by atoms with Gasteiger partial charge in [0.1, 0.15) is 6.29 Å². The Labute approximate surface area is 117 Å². The summed E-state index contributed by atoms with van der Waals surface area (Å²) >= 11 is 0. The third-order valence-corrected chi connectivity index (χ3v) is 2.60. The fourth-order valence-corrected chi connectivity index (χ4v) is 1.72. The van der Waals surface area contributed by atoms with Crippen LogP contribution in [0.25, 0.3) is 11.4 Å². The SMILES string of the molecule is C=CN=C(C=C)c1cc(C=O)cc(-c2ccccn2)n1. The van der Waals surface area contributed by atoms with E-state index >= 15 is 0 Å². The van der Waals surface area contributed by atoms with Crippen molar-refractivity contribution in [2.45, 2.75) is 0 Å². The van der Waals surface area contributed by atoms with E-state index in [-0.39, 0.29) is 0 Å². The molecule has 0 fully saturated rings. The Kier molecular flexibility index (Phi) is 4.29. The van der Waals surface area contributed by atoms with Crippen molar-refractivity contribution in [3.63, 3.8) is 0 Å². The molecule has 4 nitrogen and oxygen atoms in total. The topological polar surface area (TPSA) is 55.2 Å². The molecule has 0 aliphatic rings. The molecule has 0 bridgehead atoms. The zero-order valence-electron chi connectivity index (χ0n) is 10.9. The number of aromatic nitrogens is 2. The first-order valence-corrected chi connectivity index (χ1v) is 5.98. The lowest BCUT2D eigenvalue weighted by molar-refractivity contribution is 0.112. The average molecular weight is 263 g/mol. The lowest BCUT2D eigenvalue weighted by Crippen LogP contribution is -2.03. The average Bonchev–Trinajstić information content (AvgIpc) is 2.53. The Morgan fingerprint density at radius 2 is 2.05 bits per heavy atom. The second-order valence-corrected chi connectivity index (χ2v) is 3.90. The number of aliphatic imine (C=N–C) groups is 1. The van der Waals surface area contributed by atoms with Gasteiger partial charge in [-0.15, -0.1) is 0 Å². The number of pyridine rings is 2. The fraction of sp³-hybridized carbons (Fsp3) is 0. The van der Waals surface area contributed by atoms with E-state index in [4.69, 9.17) is 0 Å². The van der Waals surface area contributed by atoms with E-state index in [1.54, 1.807) is 24.4 Å². The van der Waals surface area contributed by atoms with Crippen LogP contribution in [0.2, 0.25) is 0 Å². The second-order valence-electron chi connectivity index (χ2n) is 3.90. The first-order valence-electron chi connectivity index (χ1n) is 5.98. The normalized spacial score (nSPS) is 10.9. The summed E-state index contributed by atoms with van der Waals surface area (Å²) in [5.41, 5.74) is 2.93. The van der Waals surface area contributed by atoms with Crippen LogP contribution in [-0.2, 0) is 0 Å². The number of rotatable bonds is 5. The molecule has 0 saturated heterocycles. The van der Waals surface area contributed by atoms with Gasteiger partial charge in [0.05, 0.1) is 22.8 Å². The van der Waals surface area contributed by atoms with Crippen LogP contribution >= 0.6 is 0 Å². The monoisotopic (exact) mass is 263 g/mol. The number of carbonyl (C=O) groups is 1. The van der Waals surface area contributed by atoms with Crippen LogP contribution < -0.4 is 0 Å². The maximum absolute atomic E-state index is 11.1. The predicted octanol–water partition coefficient (Wildman–Crippen LogP) is 3.07. The Balaban J connectivity index is 2.60. The smallest absolute Gasteiger partial charge is 0.150 e. The number of allylic oxidation sites excluding steroid dienone is 1. The lowest BCUT2D eigenvalue weighted by atomic mass is 10.1. The summed E-state index contributed by atoms with van der Waals surface area (Å²) < 4.78 is 0. The highest BCUT2D eigenvalue weighted by atomic mass is 16.1. The fourth-order valence-electron chi connectivity index (χ4n) is 1.72. The molecule has 4 heteroatoms. The summed E-state index contributed by atoms with van der Waals surface area (Å²) in [4.78, 5) is 23.9. The van der Waals surface area contributed by atoms with E-state index in [1.165, 1.54) is 6.20 Å². The minimum absolute atomic E-state index is 0.509. The molecule has 98 valence electrons. The molecule has 0 saturated carbocycles. The molecular formula is C16H13N3O. The summed E-state index contributed by atoms with van der Waals surface area (Å²) in [6.45, 7) is 7.24. The number of aldehydes is 1. The first kappa shape index (κ1) is 13.5. The third-order valence-electron chi connectivity index (χ3n) is 2.60. The van der Waals surface area contributed by atoms with Crippen LogP contribution in [0.15, 0.2) is 67.0 Å². The van der Waals surface area contributed by atoms with Gasteiger partial charge in [0.15, 0.2) is 0 Å². The highest BCUT2D eigenvalue weighted by Gasteiger charge is 2.08. The molecule has 0 aliphatic heterocycles. The molecule has 0 aliphatic carbocycles. The standard InChI is InChI=1S/C16H13N3O/c1-3-13(17-4-2)15-9-12(11-20)10-16(19-15)14-7-5-6-8-18-14/h3-11H,1-2H2. The van der Waals surface area contributed by atoms with Crippen molar-refractivity contribution in [3.8, 4) is 11.4 Å². The molecule has 2 heterocycles. The molecule has 0 radical (unpaired) electrons. The van der Waals surface area contributed by atoms with E-state index in [0.717, 1.165) is 6.29 Å². The molecule has 2 aromatic rings. The Bertz CT molecular complexity index is 675. The minimum Gasteiger partial charge on any atom is -0.298 e. The Hall–Kier alpha value is -2.88. The predicted molar refractivity (Wildman–Crippen MR) is 79.8 cm³/mol. The summed E-state index contributed by atoms with van der Waals surface area (Å²) in [5.74, 6) is 0. The van der Waals surface area contributed by atoms with Gasteiger partial charge in [-0.05, 0) is 30.3 Å². The second kappa shape index (κ2) is 6.33. The van der Waals surface area contributed by atoms with E-state index in [0.29, 0.717) is 28.4 Å². The van der Waals surface area contributed by atoms with Crippen molar-refractivity contribution in [1.29, 1.82) is 0 Å². The molecule has 0 N–H and O–H groups in total. The Morgan fingerprint density at radius 1 is 1.20 bits per heavy atom. The molecule has 20 heavy (non-hydrogen) atoms. The van der Waals surface area contributed by atoms with Gasteiger partial charge < -0.3 is 0 Å². The van der Waals surface area contributed by atoms with Gasteiger partial charge in [0.2, 0.25) is 0 Å². The third kappa shape index (κ3) is 2.92. The molecule has 0 aromatic carbocycles. The maximum atomic E-state index is 11.1. The summed E-state index contributed by atoms with van der Waals surface area (Å²) in [6, 6.07) is 8.86. The van der Waals surface area contributed by atoms with Crippen molar-refractivity contribution in [3.05, 3.63) is 73.2 Å². The number of hydrogen-bond acceptors (Lipinski definition) is 4. The van der Waals surface area contributed by atoms with E-state index < -0.39 is 0 Å².